The maximum Gasteiger partial charge on any atom is 0.193 e. The summed E-state index contributed by atoms with van der Waals surface area (Å²) in [4.78, 5) is 6.91. The third kappa shape index (κ3) is 4.77. The number of nitrogens with one attached hydrogen (secondary N) is 1. The van der Waals surface area contributed by atoms with E-state index in [-0.39, 0.29) is 0 Å². The summed E-state index contributed by atoms with van der Waals surface area (Å²) in [6, 6.07) is 5.75. The number of benzene rings is 1. The topological polar surface area (TPSA) is 72.1 Å². The van der Waals surface area contributed by atoms with Crippen LogP contribution in [0, 0.1) is 5.92 Å². The van der Waals surface area contributed by atoms with Crippen molar-refractivity contribution in [3.8, 4) is 11.5 Å². The molecule has 3 N–H and O–H groups in total. The number of likely N-dealkylation sites (tertiary alicyclic amines) is 1. The molecule has 2 heterocycles. The van der Waals surface area contributed by atoms with Crippen molar-refractivity contribution in [2.75, 3.05) is 44.7 Å². The number of ether oxygens (including phenoxy) is 2. The summed E-state index contributed by atoms with van der Waals surface area (Å²) < 4.78 is 11.3. The maximum atomic E-state index is 6.00. The standard InChI is InChI=1S/C18H28N4O2/c1-14-4-2-8-22(13-14)9-7-20-18(19)21-15-5-6-16-17(12-15)24-11-3-10-23-16/h5-6,12,14H,2-4,7-11,13H2,1H3,(H3,19,20,21). The molecule has 0 amide bonds. The van der Waals surface area contributed by atoms with Crippen LogP contribution in [0.15, 0.2) is 23.2 Å². The smallest absolute Gasteiger partial charge is 0.193 e. The monoisotopic (exact) mass is 332 g/mol. The van der Waals surface area contributed by atoms with E-state index in [4.69, 9.17) is 15.2 Å². The fourth-order valence-corrected chi connectivity index (χ4v) is 3.23. The number of hydrogen-bond donors (Lipinski definition) is 2. The third-order valence-corrected chi connectivity index (χ3v) is 4.46. The summed E-state index contributed by atoms with van der Waals surface area (Å²) in [7, 11) is 0. The van der Waals surface area contributed by atoms with Gasteiger partial charge in [0.1, 0.15) is 0 Å². The maximum absolute atomic E-state index is 6.00. The van der Waals surface area contributed by atoms with Crippen LogP contribution in [-0.2, 0) is 0 Å². The molecule has 3 rings (SSSR count). The second-order valence-corrected chi connectivity index (χ2v) is 6.65. The Hall–Kier alpha value is -1.95. The van der Waals surface area contributed by atoms with Crippen molar-refractivity contribution >= 4 is 11.6 Å². The fourth-order valence-electron chi connectivity index (χ4n) is 3.23. The molecule has 132 valence electrons. The molecule has 6 heteroatoms. The van der Waals surface area contributed by atoms with Crippen LogP contribution >= 0.6 is 0 Å². The van der Waals surface area contributed by atoms with Gasteiger partial charge < -0.3 is 25.4 Å². The SMILES string of the molecule is CC1CCCN(CCN=C(N)Nc2ccc3c(c2)OCCCO3)C1. The highest BCUT2D eigenvalue weighted by Crippen LogP contribution is 2.32. The molecule has 0 aliphatic carbocycles. The van der Waals surface area contributed by atoms with E-state index >= 15 is 0 Å². The third-order valence-electron chi connectivity index (χ3n) is 4.46. The fraction of sp³-hybridized carbons (Fsp3) is 0.611. The van der Waals surface area contributed by atoms with Gasteiger partial charge in [0.2, 0.25) is 0 Å². The molecular weight excluding hydrogens is 304 g/mol. The molecule has 2 aliphatic heterocycles. The molecule has 0 aromatic heterocycles. The molecule has 1 aromatic rings. The van der Waals surface area contributed by atoms with E-state index in [0.717, 1.165) is 42.6 Å². The van der Waals surface area contributed by atoms with Crippen molar-refractivity contribution in [3.63, 3.8) is 0 Å². The number of anilines is 1. The average molecular weight is 332 g/mol. The molecule has 1 saturated heterocycles. The average Bonchev–Trinajstić information content (AvgIpc) is 2.80. The van der Waals surface area contributed by atoms with E-state index in [2.05, 4.69) is 22.1 Å². The first-order valence-corrected chi connectivity index (χ1v) is 8.89. The lowest BCUT2D eigenvalue weighted by Gasteiger charge is -2.30. The second-order valence-electron chi connectivity index (χ2n) is 6.65. The molecular formula is C18H28N4O2. The van der Waals surface area contributed by atoms with Crippen LogP contribution in [0.1, 0.15) is 26.2 Å². The number of rotatable bonds is 4. The molecule has 1 atom stereocenters. The molecule has 0 saturated carbocycles. The van der Waals surface area contributed by atoms with Crippen LogP contribution in [0.25, 0.3) is 0 Å². The summed E-state index contributed by atoms with van der Waals surface area (Å²) in [6.45, 7) is 7.71. The van der Waals surface area contributed by atoms with Crippen molar-refractivity contribution in [2.24, 2.45) is 16.6 Å². The minimum Gasteiger partial charge on any atom is -0.490 e. The van der Waals surface area contributed by atoms with Gasteiger partial charge in [0, 0.05) is 31.3 Å². The zero-order valence-electron chi connectivity index (χ0n) is 14.5. The van der Waals surface area contributed by atoms with Gasteiger partial charge in [0.15, 0.2) is 17.5 Å². The molecule has 0 spiro atoms. The highest BCUT2D eigenvalue weighted by atomic mass is 16.5. The highest BCUT2D eigenvalue weighted by molar-refractivity contribution is 5.92. The molecule has 2 aliphatic rings. The van der Waals surface area contributed by atoms with E-state index < -0.39 is 0 Å². The first-order chi connectivity index (χ1) is 11.7. The lowest BCUT2D eigenvalue weighted by atomic mass is 10.0. The van der Waals surface area contributed by atoms with Gasteiger partial charge in [-0.15, -0.1) is 0 Å². The predicted molar refractivity (Wildman–Crippen MR) is 97.0 cm³/mol. The number of hydrogen-bond acceptors (Lipinski definition) is 4. The minimum atomic E-state index is 0.439. The van der Waals surface area contributed by atoms with Gasteiger partial charge in [0.25, 0.3) is 0 Å². The number of piperidine rings is 1. The van der Waals surface area contributed by atoms with Gasteiger partial charge >= 0.3 is 0 Å². The van der Waals surface area contributed by atoms with E-state index in [9.17, 15) is 0 Å². The number of fused-ring (bicyclic) bond motifs is 1. The zero-order valence-corrected chi connectivity index (χ0v) is 14.5. The zero-order chi connectivity index (χ0) is 16.8. The summed E-state index contributed by atoms with van der Waals surface area (Å²) in [5.41, 5.74) is 6.87. The molecule has 6 nitrogen and oxygen atoms in total. The number of aliphatic imine (C=N–C) groups is 1. The van der Waals surface area contributed by atoms with E-state index in [1.54, 1.807) is 0 Å². The summed E-state index contributed by atoms with van der Waals surface area (Å²) >= 11 is 0. The van der Waals surface area contributed by atoms with Gasteiger partial charge in [-0.25, -0.2) is 0 Å². The van der Waals surface area contributed by atoms with Gasteiger partial charge in [-0.1, -0.05) is 6.92 Å². The van der Waals surface area contributed by atoms with Gasteiger partial charge in [-0.3, -0.25) is 4.99 Å². The molecule has 24 heavy (non-hydrogen) atoms. The molecule has 0 radical (unpaired) electrons. The predicted octanol–water partition coefficient (Wildman–Crippen LogP) is 2.31. The van der Waals surface area contributed by atoms with Crippen LogP contribution in [-0.4, -0.2) is 50.3 Å². The van der Waals surface area contributed by atoms with Crippen molar-refractivity contribution in [1.82, 2.24) is 4.90 Å². The minimum absolute atomic E-state index is 0.439. The Morgan fingerprint density at radius 2 is 2.12 bits per heavy atom. The number of guanidine groups is 1. The van der Waals surface area contributed by atoms with E-state index in [0.29, 0.717) is 19.2 Å². The molecule has 1 fully saturated rings. The molecule has 1 unspecified atom stereocenters. The van der Waals surface area contributed by atoms with E-state index in [1.807, 2.05) is 18.2 Å². The van der Waals surface area contributed by atoms with Crippen LogP contribution in [0.3, 0.4) is 0 Å². The van der Waals surface area contributed by atoms with Crippen LogP contribution in [0.4, 0.5) is 5.69 Å². The van der Waals surface area contributed by atoms with Crippen LogP contribution < -0.4 is 20.5 Å². The van der Waals surface area contributed by atoms with Crippen molar-refractivity contribution in [1.29, 1.82) is 0 Å². The summed E-state index contributed by atoms with van der Waals surface area (Å²) in [5.74, 6) is 2.77. The second kappa shape index (κ2) is 8.24. The lowest BCUT2D eigenvalue weighted by molar-refractivity contribution is 0.189. The quantitative estimate of drug-likeness (QED) is 0.654. The summed E-state index contributed by atoms with van der Waals surface area (Å²) in [6.07, 6.45) is 3.53. The van der Waals surface area contributed by atoms with Gasteiger partial charge in [-0.2, -0.15) is 0 Å². The van der Waals surface area contributed by atoms with Crippen molar-refractivity contribution in [2.45, 2.75) is 26.2 Å². The number of nitrogens with zero attached hydrogens (tertiary/aromatic N) is 2. The Morgan fingerprint density at radius 3 is 2.96 bits per heavy atom. The first-order valence-electron chi connectivity index (χ1n) is 8.89. The van der Waals surface area contributed by atoms with Gasteiger partial charge in [-0.05, 0) is 37.4 Å². The van der Waals surface area contributed by atoms with Crippen LogP contribution in [0.2, 0.25) is 0 Å². The van der Waals surface area contributed by atoms with Crippen molar-refractivity contribution < 1.29 is 9.47 Å². The largest absolute Gasteiger partial charge is 0.490 e. The van der Waals surface area contributed by atoms with Crippen molar-refractivity contribution in [3.05, 3.63) is 18.2 Å². The highest BCUT2D eigenvalue weighted by Gasteiger charge is 2.15. The Labute approximate surface area is 144 Å². The Bertz CT molecular complexity index is 576. The lowest BCUT2D eigenvalue weighted by Crippen LogP contribution is -2.36. The molecule has 0 bridgehead atoms. The van der Waals surface area contributed by atoms with Gasteiger partial charge in [0.05, 0.1) is 19.8 Å². The van der Waals surface area contributed by atoms with E-state index in [1.165, 1.54) is 25.9 Å². The number of nitrogens with two attached hydrogens (primary N) is 1. The normalized spacial score (nSPS) is 22.0. The van der Waals surface area contributed by atoms with Crippen LogP contribution in [0.5, 0.6) is 11.5 Å². The Balaban J connectivity index is 1.50. The Morgan fingerprint density at radius 1 is 1.29 bits per heavy atom. The first kappa shape index (κ1) is 16.9. The Kier molecular flexibility index (Phi) is 5.80. The molecule has 1 aromatic carbocycles. The summed E-state index contributed by atoms with van der Waals surface area (Å²) in [5, 5.41) is 3.13.